The fourth-order valence-corrected chi connectivity index (χ4v) is 4.34. The third-order valence-electron chi connectivity index (χ3n) is 4.46. The van der Waals surface area contributed by atoms with E-state index in [0.717, 1.165) is 9.87 Å². The Hall–Kier alpha value is -2.87. The number of anilines is 1. The zero-order valence-corrected chi connectivity index (χ0v) is 15.9. The third-order valence-corrected chi connectivity index (χ3v) is 6.20. The maximum absolute atomic E-state index is 12.9. The summed E-state index contributed by atoms with van der Waals surface area (Å²) in [5.41, 5.74) is 2.00. The highest BCUT2D eigenvalue weighted by atomic mass is 32.2. The quantitative estimate of drug-likeness (QED) is 0.825. The van der Waals surface area contributed by atoms with Crippen LogP contribution in [0.5, 0.6) is 0 Å². The van der Waals surface area contributed by atoms with Crippen molar-refractivity contribution in [2.24, 2.45) is 0 Å². The molecule has 0 unspecified atom stereocenters. The summed E-state index contributed by atoms with van der Waals surface area (Å²) < 4.78 is 26.7. The Morgan fingerprint density at radius 1 is 1.22 bits per heavy atom. The Kier molecular flexibility index (Phi) is 5.18. The van der Waals surface area contributed by atoms with Crippen molar-refractivity contribution in [3.05, 3.63) is 59.7 Å². The summed E-state index contributed by atoms with van der Waals surface area (Å²) in [5, 5.41) is 5.43. The zero-order valence-electron chi connectivity index (χ0n) is 15.1. The molecule has 142 valence electrons. The number of sulfonamides is 1. The molecule has 8 heteroatoms. The molecule has 2 aromatic rings. The second kappa shape index (κ2) is 7.40. The number of benzene rings is 2. The van der Waals surface area contributed by atoms with E-state index in [2.05, 4.69) is 10.6 Å². The molecule has 2 aromatic carbocycles. The molecule has 0 spiro atoms. The van der Waals surface area contributed by atoms with Crippen molar-refractivity contribution in [2.45, 2.75) is 31.2 Å². The lowest BCUT2D eigenvalue weighted by molar-refractivity contribution is -0.115. The Morgan fingerprint density at radius 2 is 1.93 bits per heavy atom. The van der Waals surface area contributed by atoms with E-state index in [9.17, 15) is 18.0 Å². The molecule has 1 aliphatic heterocycles. The molecule has 1 aliphatic rings. The fraction of sp³-hybridized carbons (Fsp3) is 0.263. The summed E-state index contributed by atoms with van der Waals surface area (Å²) in [6.07, 6.45) is 0.328. The summed E-state index contributed by atoms with van der Waals surface area (Å²) in [6, 6.07) is 12.6. The average Bonchev–Trinajstić information content (AvgIpc) is 3.06. The van der Waals surface area contributed by atoms with Crippen LogP contribution < -0.4 is 10.6 Å². The molecule has 0 aliphatic carbocycles. The van der Waals surface area contributed by atoms with Crippen LogP contribution in [0.1, 0.15) is 30.5 Å². The first-order chi connectivity index (χ1) is 12.8. The van der Waals surface area contributed by atoms with E-state index in [1.54, 1.807) is 19.9 Å². The SMILES string of the molecule is CCC(=O)Nc1ccc(S(=O)(=O)N2C[C@H](c3ccccc3)NC2=O)cc1C. The number of aryl methyl sites for hydroxylation is 1. The number of nitrogens with zero attached hydrogens (tertiary/aromatic N) is 1. The zero-order chi connectivity index (χ0) is 19.6. The topological polar surface area (TPSA) is 95.6 Å². The highest BCUT2D eigenvalue weighted by molar-refractivity contribution is 7.89. The number of urea groups is 1. The molecule has 0 saturated carbocycles. The van der Waals surface area contributed by atoms with Crippen molar-refractivity contribution in [1.82, 2.24) is 9.62 Å². The summed E-state index contributed by atoms with van der Waals surface area (Å²) in [6.45, 7) is 3.47. The molecule has 1 atom stereocenters. The molecule has 0 radical (unpaired) electrons. The Bertz CT molecular complexity index is 974. The molecular weight excluding hydrogens is 366 g/mol. The van der Waals surface area contributed by atoms with Gasteiger partial charge in [0.25, 0.3) is 10.0 Å². The summed E-state index contributed by atoms with van der Waals surface area (Å²) >= 11 is 0. The van der Waals surface area contributed by atoms with Gasteiger partial charge in [-0.05, 0) is 36.2 Å². The van der Waals surface area contributed by atoms with Crippen molar-refractivity contribution in [3.8, 4) is 0 Å². The van der Waals surface area contributed by atoms with E-state index in [1.165, 1.54) is 12.1 Å². The van der Waals surface area contributed by atoms with Crippen molar-refractivity contribution in [1.29, 1.82) is 0 Å². The van der Waals surface area contributed by atoms with Gasteiger partial charge in [-0.3, -0.25) is 4.79 Å². The predicted octanol–water partition coefficient (Wildman–Crippen LogP) is 2.80. The highest BCUT2D eigenvalue weighted by Crippen LogP contribution is 2.28. The van der Waals surface area contributed by atoms with Crippen molar-refractivity contribution < 1.29 is 18.0 Å². The summed E-state index contributed by atoms with van der Waals surface area (Å²) in [7, 11) is -3.99. The molecule has 2 N–H and O–H groups in total. The van der Waals surface area contributed by atoms with E-state index >= 15 is 0 Å². The van der Waals surface area contributed by atoms with Crippen LogP contribution in [0.3, 0.4) is 0 Å². The first-order valence-electron chi connectivity index (χ1n) is 8.61. The lowest BCUT2D eigenvalue weighted by Crippen LogP contribution is -2.34. The maximum atomic E-state index is 12.9. The Labute approximate surface area is 158 Å². The Morgan fingerprint density at radius 3 is 2.56 bits per heavy atom. The van der Waals surface area contributed by atoms with Gasteiger partial charge in [-0.25, -0.2) is 17.5 Å². The molecule has 0 aromatic heterocycles. The standard InChI is InChI=1S/C19H21N3O4S/c1-3-18(23)20-16-10-9-15(11-13(16)2)27(25,26)22-12-17(21-19(22)24)14-7-5-4-6-8-14/h4-11,17H,3,12H2,1-2H3,(H,20,23)(H,21,24)/t17-/m1/s1. The van der Waals surface area contributed by atoms with E-state index in [1.807, 2.05) is 30.3 Å². The van der Waals surface area contributed by atoms with Crippen LogP contribution in [0.25, 0.3) is 0 Å². The van der Waals surface area contributed by atoms with Crippen LogP contribution in [0, 0.1) is 6.92 Å². The van der Waals surface area contributed by atoms with Crippen LogP contribution in [0.4, 0.5) is 10.5 Å². The molecule has 1 fully saturated rings. The molecule has 3 rings (SSSR count). The lowest BCUT2D eigenvalue weighted by Gasteiger charge is -2.17. The number of carbonyl (C=O) groups is 2. The number of amides is 3. The number of rotatable bonds is 5. The highest BCUT2D eigenvalue weighted by Gasteiger charge is 2.38. The van der Waals surface area contributed by atoms with Gasteiger partial charge in [0.1, 0.15) is 0 Å². The minimum absolute atomic E-state index is 0.0124. The van der Waals surface area contributed by atoms with Gasteiger partial charge in [0.15, 0.2) is 0 Å². The predicted molar refractivity (Wildman–Crippen MR) is 102 cm³/mol. The van der Waals surface area contributed by atoms with Crippen molar-refractivity contribution in [3.63, 3.8) is 0 Å². The number of nitrogens with one attached hydrogen (secondary N) is 2. The normalized spacial score (nSPS) is 16.9. The van der Waals surface area contributed by atoms with Crippen molar-refractivity contribution in [2.75, 3.05) is 11.9 Å². The van der Waals surface area contributed by atoms with Gasteiger partial charge in [0.05, 0.1) is 17.5 Å². The molecule has 27 heavy (non-hydrogen) atoms. The van der Waals surface area contributed by atoms with Crippen LogP contribution in [-0.2, 0) is 14.8 Å². The minimum atomic E-state index is -3.99. The number of hydrogen-bond donors (Lipinski definition) is 2. The van der Waals surface area contributed by atoms with Crippen LogP contribution in [0.2, 0.25) is 0 Å². The largest absolute Gasteiger partial charge is 0.331 e. The molecule has 1 heterocycles. The van der Waals surface area contributed by atoms with Crippen LogP contribution >= 0.6 is 0 Å². The van der Waals surface area contributed by atoms with Gasteiger partial charge in [-0.2, -0.15) is 0 Å². The second-order valence-electron chi connectivity index (χ2n) is 6.33. The summed E-state index contributed by atoms with van der Waals surface area (Å²) in [4.78, 5) is 23.9. The van der Waals surface area contributed by atoms with Gasteiger partial charge in [-0.1, -0.05) is 37.3 Å². The smallest absolute Gasteiger partial charge is 0.328 e. The van der Waals surface area contributed by atoms with Crippen LogP contribution in [-0.4, -0.2) is 31.2 Å². The molecule has 0 bridgehead atoms. The lowest BCUT2D eigenvalue weighted by atomic mass is 10.1. The molecule has 7 nitrogen and oxygen atoms in total. The maximum Gasteiger partial charge on any atom is 0.331 e. The van der Waals surface area contributed by atoms with Crippen LogP contribution in [0.15, 0.2) is 53.4 Å². The number of hydrogen-bond acceptors (Lipinski definition) is 4. The van der Waals surface area contributed by atoms with E-state index in [-0.39, 0.29) is 17.3 Å². The van der Waals surface area contributed by atoms with Gasteiger partial charge < -0.3 is 10.6 Å². The Balaban J connectivity index is 1.85. The first kappa shape index (κ1) is 18.9. The molecule has 3 amide bonds. The van der Waals surface area contributed by atoms with Gasteiger partial charge >= 0.3 is 6.03 Å². The minimum Gasteiger partial charge on any atom is -0.328 e. The average molecular weight is 387 g/mol. The number of carbonyl (C=O) groups excluding carboxylic acids is 2. The van der Waals surface area contributed by atoms with Gasteiger partial charge in [-0.15, -0.1) is 0 Å². The monoisotopic (exact) mass is 387 g/mol. The molecular formula is C19H21N3O4S. The van der Waals surface area contributed by atoms with E-state index in [0.29, 0.717) is 17.7 Å². The summed E-state index contributed by atoms with van der Waals surface area (Å²) in [5.74, 6) is -0.154. The molecule has 1 saturated heterocycles. The van der Waals surface area contributed by atoms with Gasteiger partial charge in [0.2, 0.25) is 5.91 Å². The second-order valence-corrected chi connectivity index (χ2v) is 8.19. The fourth-order valence-electron chi connectivity index (χ4n) is 2.90. The first-order valence-corrected chi connectivity index (χ1v) is 10.1. The van der Waals surface area contributed by atoms with Gasteiger partial charge in [0, 0.05) is 12.1 Å². The third kappa shape index (κ3) is 3.80. The van der Waals surface area contributed by atoms with E-state index < -0.39 is 22.1 Å². The van der Waals surface area contributed by atoms with E-state index in [4.69, 9.17) is 0 Å². The van der Waals surface area contributed by atoms with Crippen molar-refractivity contribution >= 4 is 27.6 Å².